The van der Waals surface area contributed by atoms with E-state index in [0.717, 1.165) is 29.0 Å². The van der Waals surface area contributed by atoms with Crippen molar-refractivity contribution in [2.75, 3.05) is 13.1 Å². The summed E-state index contributed by atoms with van der Waals surface area (Å²) in [5.41, 5.74) is 2.78. The van der Waals surface area contributed by atoms with E-state index < -0.39 is 0 Å². The molecule has 1 aromatic heterocycles. The average Bonchev–Trinajstić information content (AvgIpc) is 2.76. The van der Waals surface area contributed by atoms with E-state index in [1.807, 2.05) is 25.2 Å². The molecule has 1 aliphatic rings. The first-order valence-electron chi connectivity index (χ1n) is 7.21. The van der Waals surface area contributed by atoms with Gasteiger partial charge in [0.15, 0.2) is 0 Å². The molecule has 0 bridgehead atoms. The number of aliphatic hydroxyl groups excluding tert-OH is 1. The van der Waals surface area contributed by atoms with E-state index >= 15 is 0 Å². The second-order valence-electron chi connectivity index (χ2n) is 5.57. The van der Waals surface area contributed by atoms with Crippen molar-refractivity contribution in [2.24, 2.45) is 7.05 Å². The molecule has 4 heteroatoms. The van der Waals surface area contributed by atoms with Crippen LogP contribution in [0.2, 0.25) is 0 Å². The zero-order valence-electron chi connectivity index (χ0n) is 12.0. The largest absolute Gasteiger partial charge is 0.508 e. The van der Waals surface area contributed by atoms with E-state index in [4.69, 9.17) is 4.98 Å². The summed E-state index contributed by atoms with van der Waals surface area (Å²) in [6.07, 6.45) is 3.93. The van der Waals surface area contributed by atoms with Crippen LogP contribution in [-0.4, -0.2) is 32.6 Å². The number of rotatable bonds is 3. The molecule has 0 unspecified atom stereocenters. The number of hydrogen-bond donors (Lipinski definition) is 1. The molecule has 1 aromatic carbocycles. The molecule has 1 fully saturated rings. The summed E-state index contributed by atoms with van der Waals surface area (Å²) in [7, 11) is 2.04. The third-order valence-corrected chi connectivity index (χ3v) is 4.12. The van der Waals surface area contributed by atoms with Gasteiger partial charge in [-0.25, -0.2) is 4.98 Å². The van der Waals surface area contributed by atoms with Crippen molar-refractivity contribution in [1.82, 2.24) is 14.5 Å². The Kier molecular flexibility index (Phi) is 3.49. The first-order valence-corrected chi connectivity index (χ1v) is 7.21. The molecule has 1 saturated heterocycles. The fraction of sp³-hybridized carbons (Fsp3) is 0.438. The van der Waals surface area contributed by atoms with Gasteiger partial charge in [0.25, 0.3) is 0 Å². The Bertz CT molecular complexity index is 638. The van der Waals surface area contributed by atoms with Gasteiger partial charge in [-0.1, -0.05) is 13.0 Å². The first-order chi connectivity index (χ1) is 9.65. The Labute approximate surface area is 119 Å². The minimum absolute atomic E-state index is 0.102. The molecule has 0 amide bonds. The first kappa shape index (κ1) is 13.2. The summed E-state index contributed by atoms with van der Waals surface area (Å²) in [5, 5.41) is 9.51. The van der Waals surface area contributed by atoms with Crippen LogP contribution in [0.25, 0.3) is 16.8 Å². The Balaban J connectivity index is 1.91. The van der Waals surface area contributed by atoms with Gasteiger partial charge < -0.3 is 9.67 Å². The van der Waals surface area contributed by atoms with Gasteiger partial charge in [-0.3, -0.25) is 4.90 Å². The number of hydrogen-bond acceptors (Lipinski definition) is 3. The number of aliphatic hydroxyl groups is 1. The van der Waals surface area contributed by atoms with Crippen molar-refractivity contribution in [3.05, 3.63) is 36.2 Å². The van der Waals surface area contributed by atoms with Crippen molar-refractivity contribution in [1.29, 1.82) is 0 Å². The predicted molar refractivity (Wildman–Crippen MR) is 81.5 cm³/mol. The highest BCUT2D eigenvalue weighted by molar-refractivity contribution is 5.80. The van der Waals surface area contributed by atoms with Crippen molar-refractivity contribution in [2.45, 2.75) is 25.8 Å². The number of piperidine rings is 1. The van der Waals surface area contributed by atoms with Crippen molar-refractivity contribution >= 4 is 16.8 Å². The average molecular weight is 271 g/mol. The van der Waals surface area contributed by atoms with E-state index in [9.17, 15) is 5.11 Å². The van der Waals surface area contributed by atoms with Crippen LogP contribution in [0, 0.1) is 0 Å². The minimum Gasteiger partial charge on any atom is -0.508 e. The number of aromatic nitrogens is 2. The van der Waals surface area contributed by atoms with Crippen LogP contribution >= 0.6 is 0 Å². The molecule has 0 spiro atoms. The summed E-state index contributed by atoms with van der Waals surface area (Å²) >= 11 is 0. The van der Waals surface area contributed by atoms with Crippen LogP contribution in [0.15, 0.2) is 24.8 Å². The molecule has 1 N–H and O–H groups in total. The molecule has 2 heterocycles. The molecular weight excluding hydrogens is 250 g/mol. The number of imidazole rings is 1. The standard InChI is InChI=1S/C16H21N3O/c1-12(20)13-6-7-14-15(10-13)18(2)16(17-14)11-19-8-4-3-5-9-19/h6-7,10,20H,1,3-5,8-9,11H2,2H3. The van der Waals surface area contributed by atoms with Gasteiger partial charge in [0.2, 0.25) is 0 Å². The van der Waals surface area contributed by atoms with Gasteiger partial charge in [-0.05, 0) is 44.1 Å². The fourth-order valence-electron chi connectivity index (χ4n) is 2.88. The third-order valence-electron chi connectivity index (χ3n) is 4.12. The maximum absolute atomic E-state index is 9.51. The van der Waals surface area contributed by atoms with Crippen molar-refractivity contribution in [3.8, 4) is 0 Å². The molecule has 20 heavy (non-hydrogen) atoms. The van der Waals surface area contributed by atoms with Gasteiger partial charge in [0.05, 0.1) is 17.6 Å². The quantitative estimate of drug-likeness (QED) is 0.872. The molecule has 1 aliphatic heterocycles. The van der Waals surface area contributed by atoms with E-state index in [1.54, 1.807) is 0 Å². The second kappa shape index (κ2) is 5.29. The van der Waals surface area contributed by atoms with Crippen molar-refractivity contribution in [3.63, 3.8) is 0 Å². The van der Waals surface area contributed by atoms with E-state index in [-0.39, 0.29) is 5.76 Å². The number of likely N-dealkylation sites (tertiary alicyclic amines) is 1. The Morgan fingerprint density at radius 1 is 1.30 bits per heavy atom. The van der Waals surface area contributed by atoms with Gasteiger partial charge in [-0.15, -0.1) is 0 Å². The third kappa shape index (κ3) is 2.43. The number of nitrogens with zero attached hydrogens (tertiary/aromatic N) is 3. The highest BCUT2D eigenvalue weighted by Crippen LogP contribution is 2.21. The molecule has 0 aliphatic carbocycles. The minimum atomic E-state index is 0.102. The van der Waals surface area contributed by atoms with Gasteiger partial charge in [0, 0.05) is 12.6 Å². The van der Waals surface area contributed by atoms with Crippen LogP contribution in [0.1, 0.15) is 30.7 Å². The normalized spacial score (nSPS) is 16.6. The van der Waals surface area contributed by atoms with Crippen LogP contribution < -0.4 is 0 Å². The molecule has 4 nitrogen and oxygen atoms in total. The molecule has 0 radical (unpaired) electrons. The monoisotopic (exact) mass is 271 g/mol. The smallest absolute Gasteiger partial charge is 0.123 e. The molecule has 3 rings (SSSR count). The van der Waals surface area contributed by atoms with Gasteiger partial charge in [-0.2, -0.15) is 0 Å². The summed E-state index contributed by atoms with van der Waals surface area (Å²) in [4.78, 5) is 7.19. The molecule has 0 atom stereocenters. The maximum Gasteiger partial charge on any atom is 0.123 e. The lowest BCUT2D eigenvalue weighted by Crippen LogP contribution is -2.30. The maximum atomic E-state index is 9.51. The molecule has 0 saturated carbocycles. The fourth-order valence-corrected chi connectivity index (χ4v) is 2.88. The van der Waals surface area contributed by atoms with Crippen LogP contribution in [0.4, 0.5) is 0 Å². The second-order valence-corrected chi connectivity index (χ2v) is 5.57. The number of aryl methyl sites for hydroxylation is 1. The lowest BCUT2D eigenvalue weighted by atomic mass is 10.1. The summed E-state index contributed by atoms with van der Waals surface area (Å²) in [6, 6.07) is 5.76. The Morgan fingerprint density at radius 3 is 2.75 bits per heavy atom. The zero-order chi connectivity index (χ0) is 14.1. The van der Waals surface area contributed by atoms with E-state index in [1.165, 1.54) is 32.4 Å². The van der Waals surface area contributed by atoms with Crippen LogP contribution in [0.5, 0.6) is 0 Å². The zero-order valence-corrected chi connectivity index (χ0v) is 12.0. The summed E-state index contributed by atoms with van der Waals surface area (Å²) < 4.78 is 2.12. The molecule has 106 valence electrons. The van der Waals surface area contributed by atoms with Gasteiger partial charge >= 0.3 is 0 Å². The van der Waals surface area contributed by atoms with Crippen LogP contribution in [-0.2, 0) is 13.6 Å². The number of fused-ring (bicyclic) bond motifs is 1. The topological polar surface area (TPSA) is 41.3 Å². The highest BCUT2D eigenvalue weighted by Gasteiger charge is 2.15. The molecule has 2 aromatic rings. The Morgan fingerprint density at radius 2 is 2.05 bits per heavy atom. The summed E-state index contributed by atoms with van der Waals surface area (Å²) in [5.74, 6) is 1.19. The van der Waals surface area contributed by atoms with Gasteiger partial charge in [0.1, 0.15) is 11.6 Å². The van der Waals surface area contributed by atoms with Crippen molar-refractivity contribution < 1.29 is 5.11 Å². The Hall–Kier alpha value is -1.81. The lowest BCUT2D eigenvalue weighted by Gasteiger charge is -2.25. The predicted octanol–water partition coefficient (Wildman–Crippen LogP) is 3.09. The van der Waals surface area contributed by atoms with Crippen LogP contribution in [0.3, 0.4) is 0 Å². The number of benzene rings is 1. The lowest BCUT2D eigenvalue weighted by molar-refractivity contribution is 0.214. The highest BCUT2D eigenvalue weighted by atomic mass is 16.3. The SMILES string of the molecule is C=C(O)c1ccc2nc(CN3CCCCC3)n(C)c2c1. The molecular formula is C16H21N3O. The van der Waals surface area contributed by atoms with E-state index in [0.29, 0.717) is 0 Å². The van der Waals surface area contributed by atoms with E-state index in [2.05, 4.69) is 16.0 Å². The summed E-state index contributed by atoms with van der Waals surface area (Å²) in [6.45, 7) is 6.82.